The number of rotatable bonds is 5. The van der Waals surface area contributed by atoms with Crippen molar-refractivity contribution in [1.82, 2.24) is 9.88 Å². The minimum Gasteiger partial charge on any atom is -0.480 e. The number of amides is 1. The molecule has 1 aromatic heterocycles. The minimum atomic E-state index is -1.07. The van der Waals surface area contributed by atoms with Crippen LogP contribution in [0, 0.1) is 5.92 Å². The zero-order valence-electron chi connectivity index (χ0n) is 16.2. The molecule has 0 unspecified atom stereocenters. The maximum absolute atomic E-state index is 12.8. The standard InChI is InChI=1S/C21H18N2O5S2/c1-11(2)18(20(25)26)23-19(24)17(30-21(23)29)7-12-3-5-14(22-9-12)13-4-6-15-16(8-13)28-10-27-15/h3-9,11,18H,10H2,1-2H3,(H,25,26)/b17-7-/t18-/m0/s1. The molecule has 1 saturated heterocycles. The second-order valence-electron chi connectivity index (χ2n) is 7.12. The van der Waals surface area contributed by atoms with Crippen LogP contribution < -0.4 is 9.47 Å². The van der Waals surface area contributed by atoms with Gasteiger partial charge in [-0.05, 0) is 41.8 Å². The molecule has 154 valence electrons. The van der Waals surface area contributed by atoms with E-state index in [1.165, 1.54) is 4.90 Å². The summed E-state index contributed by atoms with van der Waals surface area (Å²) in [5.74, 6) is -0.353. The molecular weight excluding hydrogens is 424 g/mol. The van der Waals surface area contributed by atoms with Crippen LogP contribution in [0.5, 0.6) is 11.5 Å². The van der Waals surface area contributed by atoms with Crippen molar-refractivity contribution in [3.05, 3.63) is 47.0 Å². The van der Waals surface area contributed by atoms with Gasteiger partial charge in [0.2, 0.25) is 6.79 Å². The molecule has 1 N–H and O–H groups in total. The van der Waals surface area contributed by atoms with Crippen LogP contribution >= 0.6 is 24.0 Å². The molecule has 3 heterocycles. The van der Waals surface area contributed by atoms with E-state index in [2.05, 4.69) is 4.98 Å². The Morgan fingerprint density at radius 2 is 2.03 bits per heavy atom. The Morgan fingerprint density at radius 1 is 1.27 bits per heavy atom. The highest BCUT2D eigenvalue weighted by Crippen LogP contribution is 2.37. The van der Waals surface area contributed by atoms with Crippen molar-refractivity contribution in [2.24, 2.45) is 5.92 Å². The molecule has 1 amide bonds. The quantitative estimate of drug-likeness (QED) is 0.553. The molecule has 4 rings (SSSR count). The topological polar surface area (TPSA) is 89.0 Å². The summed E-state index contributed by atoms with van der Waals surface area (Å²) in [6.45, 7) is 3.71. The maximum atomic E-state index is 12.8. The third kappa shape index (κ3) is 3.78. The first kappa shape index (κ1) is 20.4. The fraction of sp³-hybridized carbons (Fsp3) is 0.238. The van der Waals surface area contributed by atoms with Gasteiger partial charge in [-0.15, -0.1) is 0 Å². The van der Waals surface area contributed by atoms with Gasteiger partial charge < -0.3 is 14.6 Å². The normalized spacial score (nSPS) is 17.8. The van der Waals surface area contributed by atoms with Crippen LogP contribution in [0.1, 0.15) is 19.4 Å². The van der Waals surface area contributed by atoms with E-state index in [-0.39, 0.29) is 17.0 Å². The molecule has 1 aromatic carbocycles. The maximum Gasteiger partial charge on any atom is 0.327 e. The number of aliphatic carboxylic acids is 1. The number of carboxylic acids is 1. The van der Waals surface area contributed by atoms with Crippen LogP contribution in [0.4, 0.5) is 0 Å². The van der Waals surface area contributed by atoms with Crippen LogP contribution in [0.25, 0.3) is 17.3 Å². The summed E-state index contributed by atoms with van der Waals surface area (Å²) in [5.41, 5.74) is 2.36. The number of carbonyl (C=O) groups excluding carboxylic acids is 1. The molecule has 0 radical (unpaired) electrons. The number of pyridine rings is 1. The van der Waals surface area contributed by atoms with Crippen molar-refractivity contribution in [3.8, 4) is 22.8 Å². The largest absolute Gasteiger partial charge is 0.480 e. The number of carbonyl (C=O) groups is 2. The molecule has 0 spiro atoms. The van der Waals surface area contributed by atoms with Crippen molar-refractivity contribution in [2.45, 2.75) is 19.9 Å². The van der Waals surface area contributed by atoms with Gasteiger partial charge in [0.05, 0.1) is 10.6 Å². The van der Waals surface area contributed by atoms with Gasteiger partial charge in [0.25, 0.3) is 5.91 Å². The van der Waals surface area contributed by atoms with Gasteiger partial charge >= 0.3 is 5.97 Å². The third-order valence-corrected chi connectivity index (χ3v) is 6.07. The van der Waals surface area contributed by atoms with Crippen LogP contribution in [0.3, 0.4) is 0 Å². The van der Waals surface area contributed by atoms with E-state index in [4.69, 9.17) is 21.7 Å². The van der Waals surface area contributed by atoms with Gasteiger partial charge in [-0.1, -0.05) is 43.9 Å². The molecule has 0 saturated carbocycles. The van der Waals surface area contributed by atoms with E-state index < -0.39 is 17.9 Å². The van der Waals surface area contributed by atoms with E-state index in [1.54, 1.807) is 26.1 Å². The lowest BCUT2D eigenvalue weighted by Crippen LogP contribution is -2.47. The monoisotopic (exact) mass is 442 g/mol. The molecule has 0 aliphatic carbocycles. The summed E-state index contributed by atoms with van der Waals surface area (Å²) in [4.78, 5) is 30.5. The van der Waals surface area contributed by atoms with Gasteiger partial charge in [-0.25, -0.2) is 4.79 Å². The van der Waals surface area contributed by atoms with Gasteiger partial charge in [-0.3, -0.25) is 14.7 Å². The van der Waals surface area contributed by atoms with E-state index in [1.807, 2.05) is 30.3 Å². The highest BCUT2D eigenvalue weighted by atomic mass is 32.2. The lowest BCUT2D eigenvalue weighted by molar-refractivity contribution is -0.146. The Balaban J connectivity index is 1.56. The molecule has 9 heteroatoms. The molecule has 30 heavy (non-hydrogen) atoms. The average Bonchev–Trinajstić information content (AvgIpc) is 3.28. The second kappa shape index (κ2) is 8.08. The number of hydrogen-bond acceptors (Lipinski definition) is 7. The number of carboxylic acid groups (broad SMARTS) is 1. The SMILES string of the molecule is CC(C)[C@@H](C(=O)O)N1C(=O)/C(=C/c2ccc(-c3ccc4c(c3)OCO4)nc2)SC1=S. The molecule has 2 aliphatic heterocycles. The smallest absolute Gasteiger partial charge is 0.327 e. The molecule has 1 fully saturated rings. The van der Waals surface area contributed by atoms with Gasteiger partial charge in [-0.2, -0.15) is 0 Å². The summed E-state index contributed by atoms with van der Waals surface area (Å²) < 4.78 is 11.0. The lowest BCUT2D eigenvalue weighted by Gasteiger charge is -2.26. The van der Waals surface area contributed by atoms with Crippen molar-refractivity contribution in [2.75, 3.05) is 6.79 Å². The van der Waals surface area contributed by atoms with Crippen LogP contribution in [-0.2, 0) is 9.59 Å². The summed E-state index contributed by atoms with van der Waals surface area (Å²) in [6.07, 6.45) is 3.33. The lowest BCUT2D eigenvalue weighted by atomic mass is 10.0. The average molecular weight is 443 g/mol. The van der Waals surface area contributed by atoms with Crippen LogP contribution in [0.15, 0.2) is 41.4 Å². The van der Waals surface area contributed by atoms with E-state index in [9.17, 15) is 14.7 Å². The molecule has 2 aromatic rings. The Kier molecular flexibility index (Phi) is 5.48. The van der Waals surface area contributed by atoms with Gasteiger partial charge in [0.1, 0.15) is 10.4 Å². The zero-order valence-corrected chi connectivity index (χ0v) is 17.8. The summed E-state index contributed by atoms with van der Waals surface area (Å²) in [7, 11) is 0. The Morgan fingerprint density at radius 3 is 2.70 bits per heavy atom. The van der Waals surface area contributed by atoms with Crippen LogP contribution in [-0.4, -0.2) is 44.0 Å². The van der Waals surface area contributed by atoms with Crippen molar-refractivity contribution in [3.63, 3.8) is 0 Å². The number of benzene rings is 1. The number of aromatic nitrogens is 1. The molecular formula is C21H18N2O5S2. The van der Waals surface area contributed by atoms with Crippen molar-refractivity contribution >= 4 is 46.3 Å². The molecule has 7 nitrogen and oxygen atoms in total. The molecule has 1 atom stereocenters. The van der Waals surface area contributed by atoms with Gasteiger partial charge in [0, 0.05) is 11.8 Å². The van der Waals surface area contributed by atoms with E-state index >= 15 is 0 Å². The summed E-state index contributed by atoms with van der Waals surface area (Å²) >= 11 is 6.38. The number of thioether (sulfide) groups is 1. The summed E-state index contributed by atoms with van der Waals surface area (Å²) in [6, 6.07) is 8.31. The molecule has 0 bridgehead atoms. The first-order valence-electron chi connectivity index (χ1n) is 9.21. The fourth-order valence-electron chi connectivity index (χ4n) is 3.28. The van der Waals surface area contributed by atoms with Crippen LogP contribution in [0.2, 0.25) is 0 Å². The predicted octanol–water partition coefficient (Wildman–Crippen LogP) is 3.79. The molecule has 2 aliphatic rings. The third-order valence-electron chi connectivity index (χ3n) is 4.74. The van der Waals surface area contributed by atoms with Crippen molar-refractivity contribution < 1.29 is 24.2 Å². The predicted molar refractivity (Wildman–Crippen MR) is 117 cm³/mol. The second-order valence-corrected chi connectivity index (χ2v) is 8.80. The fourth-order valence-corrected chi connectivity index (χ4v) is 4.61. The number of nitrogens with zero attached hydrogens (tertiary/aromatic N) is 2. The minimum absolute atomic E-state index is 0.211. The number of fused-ring (bicyclic) bond motifs is 1. The number of hydrogen-bond donors (Lipinski definition) is 1. The number of ether oxygens (including phenoxy) is 2. The van der Waals surface area contributed by atoms with E-state index in [0.717, 1.165) is 28.6 Å². The first-order valence-corrected chi connectivity index (χ1v) is 10.4. The zero-order chi connectivity index (χ0) is 21.4. The van der Waals surface area contributed by atoms with Crippen molar-refractivity contribution in [1.29, 1.82) is 0 Å². The Hall–Kier alpha value is -2.91. The Labute approximate surface area is 182 Å². The highest BCUT2D eigenvalue weighted by Gasteiger charge is 2.41. The summed E-state index contributed by atoms with van der Waals surface area (Å²) in [5, 5.41) is 9.50. The van der Waals surface area contributed by atoms with Gasteiger partial charge in [0.15, 0.2) is 11.5 Å². The number of thiocarbonyl (C=S) groups is 1. The van der Waals surface area contributed by atoms with E-state index in [0.29, 0.717) is 16.4 Å². The Bertz CT molecular complexity index is 1070. The first-order chi connectivity index (χ1) is 14.3. The highest BCUT2D eigenvalue weighted by molar-refractivity contribution is 8.26.